The van der Waals surface area contributed by atoms with Gasteiger partial charge in [-0.1, -0.05) is 12.1 Å². The van der Waals surface area contributed by atoms with E-state index in [9.17, 15) is 9.59 Å². The van der Waals surface area contributed by atoms with Gasteiger partial charge >= 0.3 is 11.9 Å². The van der Waals surface area contributed by atoms with Crippen LogP contribution in [0, 0.1) is 0 Å². The molecule has 0 saturated carbocycles. The number of rotatable bonds is 10. The minimum atomic E-state index is -0.671. The van der Waals surface area contributed by atoms with Crippen molar-refractivity contribution in [2.75, 3.05) is 46.9 Å². The fourth-order valence-electron chi connectivity index (χ4n) is 3.36. The van der Waals surface area contributed by atoms with Crippen LogP contribution in [0.1, 0.15) is 25.3 Å². The van der Waals surface area contributed by atoms with E-state index < -0.39 is 17.9 Å². The Labute approximate surface area is 181 Å². The van der Waals surface area contributed by atoms with Crippen molar-refractivity contribution < 1.29 is 28.5 Å². The third-order valence-electron chi connectivity index (χ3n) is 4.55. The van der Waals surface area contributed by atoms with Gasteiger partial charge in [-0.15, -0.1) is 11.8 Å². The molecule has 1 aromatic rings. The zero-order chi connectivity index (χ0) is 22.1. The van der Waals surface area contributed by atoms with Gasteiger partial charge in [0, 0.05) is 19.1 Å². The number of hydrogen-bond donors (Lipinski definition) is 1. The smallest absolute Gasteiger partial charge is 0.336 e. The molecule has 164 valence electrons. The highest BCUT2D eigenvalue weighted by Gasteiger charge is 2.39. The van der Waals surface area contributed by atoms with E-state index in [0.29, 0.717) is 22.5 Å². The second-order valence-corrected chi connectivity index (χ2v) is 7.30. The average molecular weight is 436 g/mol. The first-order chi connectivity index (χ1) is 14.5. The lowest BCUT2D eigenvalue weighted by Crippen LogP contribution is -2.36. The van der Waals surface area contributed by atoms with Crippen LogP contribution in [0.15, 0.2) is 51.7 Å². The summed E-state index contributed by atoms with van der Waals surface area (Å²) in [4.78, 5) is 27.1. The van der Waals surface area contributed by atoms with Crippen LogP contribution in [-0.2, 0) is 28.5 Å². The number of dihydropyridines is 1. The Bertz CT molecular complexity index is 771. The summed E-state index contributed by atoms with van der Waals surface area (Å²) < 4.78 is 21.3. The SMILES string of the molecule is CCOC(=O)C1=C(COC)NC(COC)=C(C(=O)OCC)C1c1ccc(SC)cc1. The Morgan fingerprint density at radius 3 is 1.73 bits per heavy atom. The number of carbonyl (C=O) groups excluding carboxylic acids is 2. The highest BCUT2D eigenvalue weighted by molar-refractivity contribution is 7.98. The predicted octanol–water partition coefficient (Wildman–Crippen LogP) is 3.02. The van der Waals surface area contributed by atoms with Gasteiger partial charge in [-0.3, -0.25) is 0 Å². The molecule has 0 bridgehead atoms. The van der Waals surface area contributed by atoms with Crippen LogP contribution in [0.2, 0.25) is 0 Å². The van der Waals surface area contributed by atoms with Crippen LogP contribution in [-0.4, -0.2) is 58.8 Å². The molecule has 2 rings (SSSR count). The number of esters is 2. The van der Waals surface area contributed by atoms with Crippen molar-refractivity contribution in [3.8, 4) is 0 Å². The Balaban J connectivity index is 2.74. The number of hydrogen-bond acceptors (Lipinski definition) is 8. The molecular formula is C22H29NO6S. The number of thioether (sulfide) groups is 1. The molecule has 7 nitrogen and oxygen atoms in total. The minimum Gasteiger partial charge on any atom is -0.463 e. The molecule has 0 saturated heterocycles. The van der Waals surface area contributed by atoms with Gasteiger partial charge in [0.05, 0.1) is 54.9 Å². The van der Waals surface area contributed by atoms with E-state index in [4.69, 9.17) is 18.9 Å². The largest absolute Gasteiger partial charge is 0.463 e. The maximum atomic E-state index is 13.0. The van der Waals surface area contributed by atoms with Gasteiger partial charge in [-0.05, 0) is 37.8 Å². The van der Waals surface area contributed by atoms with E-state index in [2.05, 4.69) is 5.32 Å². The average Bonchev–Trinajstić information content (AvgIpc) is 2.74. The highest BCUT2D eigenvalue weighted by atomic mass is 32.2. The van der Waals surface area contributed by atoms with Gasteiger partial charge in [-0.2, -0.15) is 0 Å². The van der Waals surface area contributed by atoms with Crippen LogP contribution in [0.25, 0.3) is 0 Å². The van der Waals surface area contributed by atoms with Crippen LogP contribution in [0.5, 0.6) is 0 Å². The van der Waals surface area contributed by atoms with Crippen LogP contribution in [0.4, 0.5) is 0 Å². The van der Waals surface area contributed by atoms with E-state index in [1.807, 2.05) is 30.5 Å². The van der Waals surface area contributed by atoms with Crippen molar-refractivity contribution in [2.24, 2.45) is 0 Å². The van der Waals surface area contributed by atoms with E-state index >= 15 is 0 Å². The van der Waals surface area contributed by atoms with Crippen molar-refractivity contribution in [3.63, 3.8) is 0 Å². The lowest BCUT2D eigenvalue weighted by Gasteiger charge is -2.32. The van der Waals surface area contributed by atoms with Crippen molar-refractivity contribution in [3.05, 3.63) is 52.4 Å². The summed E-state index contributed by atoms with van der Waals surface area (Å²) in [6.45, 7) is 4.21. The minimum absolute atomic E-state index is 0.150. The molecule has 30 heavy (non-hydrogen) atoms. The van der Waals surface area contributed by atoms with Gasteiger partial charge in [0.2, 0.25) is 0 Å². The third-order valence-corrected chi connectivity index (χ3v) is 5.29. The summed E-state index contributed by atoms with van der Waals surface area (Å²) >= 11 is 1.61. The van der Waals surface area contributed by atoms with Gasteiger partial charge in [0.25, 0.3) is 0 Å². The van der Waals surface area contributed by atoms with Crippen molar-refractivity contribution in [1.29, 1.82) is 0 Å². The lowest BCUT2D eigenvalue weighted by atomic mass is 9.80. The predicted molar refractivity (Wildman–Crippen MR) is 115 cm³/mol. The summed E-state index contributed by atoms with van der Waals surface area (Å²) in [5, 5.41) is 3.16. The number of nitrogens with one attached hydrogen (secondary N) is 1. The Morgan fingerprint density at radius 2 is 1.37 bits per heavy atom. The zero-order valence-electron chi connectivity index (χ0n) is 18.1. The molecule has 0 aromatic heterocycles. The normalized spacial score (nSPS) is 14.6. The fraction of sp³-hybridized carbons (Fsp3) is 0.455. The van der Waals surface area contributed by atoms with Crippen LogP contribution < -0.4 is 5.32 Å². The summed E-state index contributed by atoms with van der Waals surface area (Å²) in [5.74, 6) is -1.68. The molecule has 0 unspecified atom stereocenters. The second kappa shape index (κ2) is 11.8. The Morgan fingerprint density at radius 1 is 0.900 bits per heavy atom. The molecule has 0 spiro atoms. The first kappa shape index (κ1) is 24.0. The second-order valence-electron chi connectivity index (χ2n) is 6.42. The Hall–Kier alpha value is -2.29. The topological polar surface area (TPSA) is 83.1 Å². The van der Waals surface area contributed by atoms with E-state index in [1.54, 1.807) is 39.8 Å². The molecule has 0 aliphatic carbocycles. The van der Waals surface area contributed by atoms with Crippen LogP contribution in [0.3, 0.4) is 0 Å². The summed E-state index contributed by atoms with van der Waals surface area (Å²) in [7, 11) is 3.08. The monoisotopic (exact) mass is 435 g/mol. The summed E-state index contributed by atoms with van der Waals surface area (Å²) in [6.07, 6.45) is 1.99. The molecule has 1 aromatic carbocycles. The maximum Gasteiger partial charge on any atom is 0.336 e. The number of benzene rings is 1. The van der Waals surface area contributed by atoms with E-state index in [1.165, 1.54) is 0 Å². The molecule has 1 aliphatic heterocycles. The van der Waals surface area contributed by atoms with Crippen molar-refractivity contribution in [2.45, 2.75) is 24.7 Å². The maximum absolute atomic E-state index is 13.0. The summed E-state index contributed by atoms with van der Waals surface area (Å²) in [6, 6.07) is 7.74. The van der Waals surface area contributed by atoms with Gasteiger partial charge in [-0.25, -0.2) is 9.59 Å². The molecule has 8 heteroatoms. The Kier molecular flexibility index (Phi) is 9.42. The van der Waals surface area contributed by atoms with E-state index in [-0.39, 0.29) is 26.4 Å². The zero-order valence-corrected chi connectivity index (χ0v) is 18.9. The highest BCUT2D eigenvalue weighted by Crippen LogP contribution is 2.40. The van der Waals surface area contributed by atoms with Gasteiger partial charge < -0.3 is 24.3 Å². The first-order valence-electron chi connectivity index (χ1n) is 9.71. The van der Waals surface area contributed by atoms with Crippen molar-refractivity contribution in [1.82, 2.24) is 5.32 Å². The van der Waals surface area contributed by atoms with Crippen LogP contribution >= 0.6 is 11.8 Å². The van der Waals surface area contributed by atoms with Gasteiger partial charge in [0.1, 0.15) is 0 Å². The number of ether oxygens (including phenoxy) is 4. The molecule has 1 aliphatic rings. The molecule has 1 heterocycles. The van der Waals surface area contributed by atoms with E-state index in [0.717, 1.165) is 10.5 Å². The lowest BCUT2D eigenvalue weighted by molar-refractivity contribution is -0.139. The summed E-state index contributed by atoms with van der Waals surface area (Å²) in [5.41, 5.74) is 2.52. The first-order valence-corrected chi connectivity index (χ1v) is 10.9. The molecular weight excluding hydrogens is 406 g/mol. The molecule has 0 amide bonds. The van der Waals surface area contributed by atoms with Gasteiger partial charge in [0.15, 0.2) is 0 Å². The molecule has 1 N–H and O–H groups in total. The standard InChI is InChI=1S/C22H29NO6S/c1-6-28-21(24)19-16(12-26-3)23-17(13-27-4)20(22(25)29-7-2)18(19)14-8-10-15(30-5)11-9-14/h8-11,18,23H,6-7,12-13H2,1-5H3. The molecule has 0 atom stereocenters. The third kappa shape index (κ3) is 5.44. The fourth-order valence-corrected chi connectivity index (χ4v) is 3.76. The number of methoxy groups -OCH3 is 2. The molecule has 0 radical (unpaired) electrons. The number of carbonyl (C=O) groups is 2. The molecule has 0 fully saturated rings. The quantitative estimate of drug-likeness (QED) is 0.444. The van der Waals surface area contributed by atoms with Crippen molar-refractivity contribution >= 4 is 23.7 Å².